The SMILES string of the molecule is COC(=O)c1cc(NC(=O)C2CCCN(S(=O)(=O)c3ccc(OC)cc3)C2)cc(C)c1C. The minimum Gasteiger partial charge on any atom is -0.497 e. The number of aryl methyl sites for hydroxylation is 1. The van der Waals surface area contributed by atoms with Gasteiger partial charge in [0.25, 0.3) is 0 Å². The van der Waals surface area contributed by atoms with E-state index in [4.69, 9.17) is 9.47 Å². The largest absolute Gasteiger partial charge is 0.497 e. The zero-order chi connectivity index (χ0) is 23.5. The molecule has 1 unspecified atom stereocenters. The van der Waals surface area contributed by atoms with Gasteiger partial charge in [-0.05, 0) is 74.2 Å². The molecule has 1 N–H and O–H groups in total. The molecule has 0 radical (unpaired) electrons. The Labute approximate surface area is 188 Å². The second kappa shape index (κ2) is 9.70. The number of rotatable bonds is 6. The van der Waals surface area contributed by atoms with Gasteiger partial charge in [-0.15, -0.1) is 0 Å². The van der Waals surface area contributed by atoms with Crippen LogP contribution < -0.4 is 10.1 Å². The van der Waals surface area contributed by atoms with E-state index in [1.807, 2.05) is 13.8 Å². The summed E-state index contributed by atoms with van der Waals surface area (Å²) in [5.74, 6) is -0.686. The van der Waals surface area contributed by atoms with Crippen molar-refractivity contribution >= 4 is 27.6 Å². The number of nitrogens with one attached hydrogen (secondary N) is 1. The standard InChI is InChI=1S/C23H28N2O6S/c1-15-12-18(13-21(16(15)2)23(27)31-4)24-22(26)17-6-5-11-25(14-17)32(28,29)20-9-7-19(30-3)8-10-20/h7-10,12-13,17H,5-6,11,14H2,1-4H3,(H,24,26). The molecule has 0 aliphatic carbocycles. The normalized spacial score (nSPS) is 16.9. The molecule has 1 aliphatic heterocycles. The molecule has 0 saturated carbocycles. The molecular formula is C23H28N2O6S. The van der Waals surface area contributed by atoms with Crippen LogP contribution in [0.3, 0.4) is 0 Å². The minimum absolute atomic E-state index is 0.0922. The first-order valence-corrected chi connectivity index (χ1v) is 11.8. The lowest BCUT2D eigenvalue weighted by Crippen LogP contribution is -2.43. The van der Waals surface area contributed by atoms with Gasteiger partial charge in [-0.1, -0.05) is 0 Å². The Morgan fingerprint density at radius 1 is 1.09 bits per heavy atom. The Bertz CT molecular complexity index is 1110. The Morgan fingerprint density at radius 2 is 1.78 bits per heavy atom. The molecule has 1 saturated heterocycles. The highest BCUT2D eigenvalue weighted by atomic mass is 32.2. The molecule has 1 heterocycles. The van der Waals surface area contributed by atoms with E-state index < -0.39 is 21.9 Å². The van der Waals surface area contributed by atoms with E-state index in [9.17, 15) is 18.0 Å². The van der Waals surface area contributed by atoms with Gasteiger partial charge in [0.1, 0.15) is 5.75 Å². The zero-order valence-electron chi connectivity index (χ0n) is 18.7. The number of esters is 1. The van der Waals surface area contributed by atoms with Crippen LogP contribution in [0.1, 0.15) is 34.3 Å². The average molecular weight is 461 g/mol. The lowest BCUT2D eigenvalue weighted by atomic mass is 9.98. The maximum absolute atomic E-state index is 13.1. The van der Waals surface area contributed by atoms with Crippen molar-refractivity contribution in [3.63, 3.8) is 0 Å². The summed E-state index contributed by atoms with van der Waals surface area (Å²) in [4.78, 5) is 25.1. The summed E-state index contributed by atoms with van der Waals surface area (Å²) >= 11 is 0. The van der Waals surface area contributed by atoms with E-state index in [0.717, 1.165) is 11.1 Å². The number of carbonyl (C=O) groups is 2. The fraction of sp³-hybridized carbons (Fsp3) is 0.391. The summed E-state index contributed by atoms with van der Waals surface area (Å²) in [6.07, 6.45) is 1.16. The van der Waals surface area contributed by atoms with E-state index in [0.29, 0.717) is 36.4 Å². The summed E-state index contributed by atoms with van der Waals surface area (Å²) in [6.45, 7) is 4.11. The lowest BCUT2D eigenvalue weighted by molar-refractivity contribution is -0.120. The minimum atomic E-state index is -3.72. The number of nitrogens with zero attached hydrogens (tertiary/aromatic N) is 1. The summed E-state index contributed by atoms with van der Waals surface area (Å²) in [5, 5.41) is 2.84. The molecule has 1 amide bonds. The van der Waals surface area contributed by atoms with Gasteiger partial charge in [-0.2, -0.15) is 4.31 Å². The van der Waals surface area contributed by atoms with Crippen molar-refractivity contribution in [2.24, 2.45) is 5.92 Å². The second-order valence-electron chi connectivity index (χ2n) is 7.82. The summed E-state index contributed by atoms with van der Waals surface area (Å²) in [6, 6.07) is 9.57. The lowest BCUT2D eigenvalue weighted by Gasteiger charge is -2.31. The fourth-order valence-corrected chi connectivity index (χ4v) is 5.29. The molecule has 0 spiro atoms. The molecule has 9 heteroatoms. The van der Waals surface area contributed by atoms with Crippen LogP contribution in [0.25, 0.3) is 0 Å². The number of hydrogen-bond acceptors (Lipinski definition) is 6. The third-order valence-electron chi connectivity index (χ3n) is 5.79. The van der Waals surface area contributed by atoms with Gasteiger partial charge in [0.05, 0.1) is 30.6 Å². The molecule has 0 aromatic heterocycles. The summed E-state index contributed by atoms with van der Waals surface area (Å²) < 4.78 is 37.4. The smallest absolute Gasteiger partial charge is 0.338 e. The monoisotopic (exact) mass is 460 g/mol. The third-order valence-corrected chi connectivity index (χ3v) is 7.67. The van der Waals surface area contributed by atoms with Gasteiger partial charge >= 0.3 is 5.97 Å². The maximum Gasteiger partial charge on any atom is 0.338 e. The van der Waals surface area contributed by atoms with Gasteiger partial charge in [-0.3, -0.25) is 4.79 Å². The van der Waals surface area contributed by atoms with Gasteiger partial charge < -0.3 is 14.8 Å². The van der Waals surface area contributed by atoms with Crippen molar-refractivity contribution in [3.05, 3.63) is 53.1 Å². The summed E-state index contributed by atoms with van der Waals surface area (Å²) in [7, 11) is -0.901. The van der Waals surface area contributed by atoms with E-state index in [2.05, 4.69) is 5.32 Å². The number of hydrogen-bond donors (Lipinski definition) is 1. The van der Waals surface area contributed by atoms with Crippen LogP contribution in [-0.2, 0) is 19.6 Å². The first-order chi connectivity index (χ1) is 15.2. The van der Waals surface area contributed by atoms with Gasteiger partial charge in [0.15, 0.2) is 0 Å². The van der Waals surface area contributed by atoms with E-state index >= 15 is 0 Å². The molecule has 0 bridgehead atoms. The van der Waals surface area contributed by atoms with Crippen LogP contribution in [0.2, 0.25) is 0 Å². The molecule has 3 rings (SSSR count). The zero-order valence-corrected chi connectivity index (χ0v) is 19.5. The Hall–Kier alpha value is -2.91. The number of amides is 1. The fourth-order valence-electron chi connectivity index (χ4n) is 3.77. The highest BCUT2D eigenvalue weighted by Crippen LogP contribution is 2.27. The Kier molecular flexibility index (Phi) is 7.20. The molecular weight excluding hydrogens is 432 g/mol. The van der Waals surface area contributed by atoms with E-state index in [-0.39, 0.29) is 17.3 Å². The number of anilines is 1. The maximum atomic E-state index is 13.1. The Morgan fingerprint density at radius 3 is 2.41 bits per heavy atom. The van der Waals surface area contributed by atoms with Crippen molar-refractivity contribution in [2.45, 2.75) is 31.6 Å². The predicted molar refractivity (Wildman–Crippen MR) is 120 cm³/mol. The average Bonchev–Trinajstić information content (AvgIpc) is 2.80. The molecule has 2 aromatic rings. The van der Waals surface area contributed by atoms with Crippen molar-refractivity contribution in [2.75, 3.05) is 32.6 Å². The number of carbonyl (C=O) groups excluding carboxylic acids is 2. The molecule has 1 aliphatic rings. The molecule has 1 atom stereocenters. The molecule has 8 nitrogen and oxygen atoms in total. The van der Waals surface area contributed by atoms with Crippen LogP contribution >= 0.6 is 0 Å². The molecule has 172 valence electrons. The highest BCUT2D eigenvalue weighted by Gasteiger charge is 2.33. The number of benzene rings is 2. The first kappa shape index (κ1) is 23.7. The first-order valence-electron chi connectivity index (χ1n) is 10.3. The third kappa shape index (κ3) is 4.94. The number of sulfonamides is 1. The van der Waals surface area contributed by atoms with Crippen LogP contribution in [0.15, 0.2) is 41.3 Å². The highest BCUT2D eigenvalue weighted by molar-refractivity contribution is 7.89. The van der Waals surface area contributed by atoms with Crippen molar-refractivity contribution in [3.8, 4) is 5.75 Å². The van der Waals surface area contributed by atoms with Gasteiger partial charge in [0.2, 0.25) is 15.9 Å². The van der Waals surface area contributed by atoms with Crippen molar-refractivity contribution in [1.82, 2.24) is 4.31 Å². The second-order valence-corrected chi connectivity index (χ2v) is 9.76. The van der Waals surface area contributed by atoms with E-state index in [1.54, 1.807) is 24.3 Å². The van der Waals surface area contributed by atoms with Crippen LogP contribution in [0, 0.1) is 19.8 Å². The van der Waals surface area contributed by atoms with Gasteiger partial charge in [0, 0.05) is 18.8 Å². The molecule has 32 heavy (non-hydrogen) atoms. The Balaban J connectivity index is 1.76. The van der Waals surface area contributed by atoms with Gasteiger partial charge in [-0.25, -0.2) is 13.2 Å². The van der Waals surface area contributed by atoms with Crippen LogP contribution in [0.4, 0.5) is 5.69 Å². The summed E-state index contributed by atoms with van der Waals surface area (Å²) in [5.41, 5.74) is 2.49. The van der Waals surface area contributed by atoms with E-state index in [1.165, 1.54) is 30.7 Å². The number of ether oxygens (including phenoxy) is 2. The molecule has 1 fully saturated rings. The number of piperidine rings is 1. The van der Waals surface area contributed by atoms with Crippen LogP contribution in [-0.4, -0.2) is 51.9 Å². The van der Waals surface area contributed by atoms with Crippen molar-refractivity contribution in [1.29, 1.82) is 0 Å². The van der Waals surface area contributed by atoms with Crippen molar-refractivity contribution < 1.29 is 27.5 Å². The predicted octanol–water partition coefficient (Wildman–Crippen LogP) is 3.14. The topological polar surface area (TPSA) is 102 Å². The number of methoxy groups -OCH3 is 2. The quantitative estimate of drug-likeness (QED) is 0.665. The van der Waals surface area contributed by atoms with Crippen LogP contribution in [0.5, 0.6) is 5.75 Å². The molecule has 2 aromatic carbocycles.